The second kappa shape index (κ2) is 4.95. The van der Waals surface area contributed by atoms with Crippen LogP contribution in [0.1, 0.15) is 16.5 Å². The number of nitrogens with two attached hydrogens (primary N) is 1. The Kier molecular flexibility index (Phi) is 3.53. The van der Waals surface area contributed by atoms with E-state index in [0.29, 0.717) is 5.75 Å². The highest BCUT2D eigenvalue weighted by Crippen LogP contribution is 2.31. The number of carbonyl (C=O) groups excluding carboxylic acids is 1. The average molecular weight is 268 g/mol. The first-order valence-corrected chi connectivity index (χ1v) is 6.46. The summed E-state index contributed by atoms with van der Waals surface area (Å²) in [5, 5.41) is 23.1. The molecule has 0 amide bonds. The van der Waals surface area contributed by atoms with Crippen molar-refractivity contribution in [1.82, 2.24) is 0 Å². The molecule has 1 saturated heterocycles. The third kappa shape index (κ3) is 2.46. The second-order valence-corrected chi connectivity index (χ2v) is 5.34. The van der Waals surface area contributed by atoms with Crippen molar-refractivity contribution in [2.24, 2.45) is 0 Å². The molecule has 0 bridgehead atoms. The third-order valence-electron chi connectivity index (χ3n) is 2.95. The predicted octanol–water partition coefficient (Wildman–Crippen LogP) is -0.669. The van der Waals surface area contributed by atoms with Crippen molar-refractivity contribution < 1.29 is 20.1 Å². The minimum absolute atomic E-state index is 0.0292. The van der Waals surface area contributed by atoms with Crippen molar-refractivity contribution in [3.8, 4) is 0 Å². The number of nitro benzene ring substituents is 1. The van der Waals surface area contributed by atoms with Crippen LogP contribution in [0.5, 0.6) is 0 Å². The van der Waals surface area contributed by atoms with E-state index in [0.717, 1.165) is 11.1 Å². The molecule has 2 N–H and O–H groups in total. The molecule has 0 aromatic heterocycles. The molecule has 0 radical (unpaired) electrons. The summed E-state index contributed by atoms with van der Waals surface area (Å²) in [5.41, 5.74) is 1.76. The van der Waals surface area contributed by atoms with Crippen molar-refractivity contribution in [3.05, 3.63) is 39.4 Å². The molecule has 1 aliphatic heterocycles. The fourth-order valence-corrected chi connectivity index (χ4v) is 3.31. The Morgan fingerprint density at radius 2 is 2.28 bits per heavy atom. The van der Waals surface area contributed by atoms with Gasteiger partial charge in [0.2, 0.25) is 0 Å². The van der Waals surface area contributed by atoms with Crippen LogP contribution in [-0.4, -0.2) is 22.7 Å². The SMILES string of the molecule is Cc1ccc([N+](=O)[O-])cc1[C@H]1[NH2+][C@H](C(=O)[O-])CS1. The number of aryl methyl sites for hydroxylation is 1. The molecule has 1 heterocycles. The Morgan fingerprint density at radius 1 is 1.56 bits per heavy atom. The van der Waals surface area contributed by atoms with E-state index < -0.39 is 16.9 Å². The lowest BCUT2D eigenvalue weighted by molar-refractivity contribution is -0.690. The number of benzene rings is 1. The van der Waals surface area contributed by atoms with Gasteiger partial charge in [0.05, 0.1) is 10.7 Å². The molecule has 6 nitrogen and oxygen atoms in total. The molecular weight excluding hydrogens is 256 g/mol. The summed E-state index contributed by atoms with van der Waals surface area (Å²) in [6.45, 7) is 1.86. The van der Waals surface area contributed by atoms with Gasteiger partial charge in [0.25, 0.3) is 5.69 Å². The van der Waals surface area contributed by atoms with E-state index in [1.165, 1.54) is 23.9 Å². The lowest BCUT2D eigenvalue weighted by atomic mass is 10.1. The molecule has 96 valence electrons. The first-order chi connectivity index (χ1) is 8.49. The molecule has 1 aromatic carbocycles. The third-order valence-corrected chi connectivity index (χ3v) is 4.27. The number of aliphatic carboxylic acids is 1. The molecule has 0 spiro atoms. The zero-order valence-corrected chi connectivity index (χ0v) is 10.5. The van der Waals surface area contributed by atoms with Gasteiger partial charge in [-0.25, -0.2) is 0 Å². The maximum atomic E-state index is 10.8. The summed E-state index contributed by atoms with van der Waals surface area (Å²) in [4.78, 5) is 21.1. The molecule has 0 aliphatic carbocycles. The van der Waals surface area contributed by atoms with Crippen LogP contribution in [-0.2, 0) is 4.79 Å². The van der Waals surface area contributed by atoms with Gasteiger partial charge in [0, 0.05) is 17.7 Å². The standard InChI is InChI=1S/C11H12N2O4S/c1-6-2-3-7(13(16)17)4-8(6)10-12-9(5-18-10)11(14)15/h2-4,9-10,12H,5H2,1H3,(H,14,15)/t9-,10-/m0/s1. The highest BCUT2D eigenvalue weighted by molar-refractivity contribution is 7.99. The molecule has 0 unspecified atom stereocenters. The lowest BCUT2D eigenvalue weighted by Gasteiger charge is -2.12. The van der Waals surface area contributed by atoms with Gasteiger partial charge in [-0.3, -0.25) is 10.1 Å². The van der Waals surface area contributed by atoms with Crippen molar-refractivity contribution in [1.29, 1.82) is 0 Å². The first kappa shape index (κ1) is 12.8. The maximum absolute atomic E-state index is 10.8. The number of rotatable bonds is 3. The monoisotopic (exact) mass is 268 g/mol. The van der Waals surface area contributed by atoms with Gasteiger partial charge >= 0.3 is 0 Å². The van der Waals surface area contributed by atoms with E-state index in [1.54, 1.807) is 11.4 Å². The molecular formula is C11H12N2O4S. The van der Waals surface area contributed by atoms with Crippen LogP contribution in [0.15, 0.2) is 18.2 Å². The number of carboxylic acids is 1. The molecule has 1 fully saturated rings. The summed E-state index contributed by atoms with van der Waals surface area (Å²) in [6.07, 6.45) is 0. The number of carbonyl (C=O) groups is 1. The Labute approximate surface area is 108 Å². The second-order valence-electron chi connectivity index (χ2n) is 4.17. The van der Waals surface area contributed by atoms with Crippen molar-refractivity contribution in [2.75, 3.05) is 5.75 Å². The minimum Gasteiger partial charge on any atom is -0.544 e. The van der Waals surface area contributed by atoms with Crippen LogP contribution >= 0.6 is 11.8 Å². The van der Waals surface area contributed by atoms with E-state index in [2.05, 4.69) is 0 Å². The van der Waals surface area contributed by atoms with E-state index >= 15 is 0 Å². The van der Waals surface area contributed by atoms with Crippen LogP contribution in [0.2, 0.25) is 0 Å². The molecule has 18 heavy (non-hydrogen) atoms. The van der Waals surface area contributed by atoms with E-state index in [1.807, 2.05) is 6.92 Å². The van der Waals surface area contributed by atoms with Gasteiger partial charge in [0.15, 0.2) is 5.37 Å². The van der Waals surface area contributed by atoms with E-state index in [4.69, 9.17) is 0 Å². The normalized spacial score (nSPS) is 22.9. The van der Waals surface area contributed by atoms with E-state index in [-0.39, 0.29) is 11.1 Å². The number of quaternary nitrogens is 1. The van der Waals surface area contributed by atoms with Gasteiger partial charge in [-0.05, 0) is 12.5 Å². The zero-order valence-electron chi connectivity index (χ0n) is 9.66. The van der Waals surface area contributed by atoms with Crippen LogP contribution in [0.25, 0.3) is 0 Å². The molecule has 0 saturated carbocycles. The summed E-state index contributed by atoms with van der Waals surface area (Å²) in [7, 11) is 0. The fourth-order valence-electron chi connectivity index (χ4n) is 1.92. The van der Waals surface area contributed by atoms with Gasteiger partial charge < -0.3 is 15.2 Å². The number of non-ortho nitro benzene ring substituents is 1. The Hall–Kier alpha value is -1.60. The van der Waals surface area contributed by atoms with Gasteiger partial charge in [0.1, 0.15) is 12.0 Å². The topological polar surface area (TPSA) is 99.9 Å². The molecule has 1 aromatic rings. The highest BCUT2D eigenvalue weighted by atomic mass is 32.2. The quantitative estimate of drug-likeness (QED) is 0.579. The van der Waals surface area contributed by atoms with Crippen LogP contribution in [0.4, 0.5) is 5.69 Å². The Balaban J connectivity index is 2.26. The Morgan fingerprint density at radius 3 is 2.83 bits per heavy atom. The van der Waals surface area contributed by atoms with Crippen LogP contribution in [0, 0.1) is 17.0 Å². The van der Waals surface area contributed by atoms with Crippen molar-refractivity contribution >= 4 is 23.4 Å². The van der Waals surface area contributed by atoms with Crippen molar-refractivity contribution in [3.63, 3.8) is 0 Å². The number of nitrogens with zero attached hydrogens (tertiary/aromatic N) is 1. The minimum atomic E-state index is -1.09. The lowest BCUT2D eigenvalue weighted by Crippen LogP contribution is -2.90. The van der Waals surface area contributed by atoms with Gasteiger partial charge in [-0.2, -0.15) is 0 Å². The van der Waals surface area contributed by atoms with Crippen LogP contribution in [0.3, 0.4) is 0 Å². The fraction of sp³-hybridized carbons (Fsp3) is 0.364. The number of hydrogen-bond donors (Lipinski definition) is 1. The summed E-state index contributed by atoms with van der Waals surface area (Å²) in [5.74, 6) is -0.636. The molecule has 2 rings (SSSR count). The molecule has 7 heteroatoms. The zero-order chi connectivity index (χ0) is 13.3. The van der Waals surface area contributed by atoms with Gasteiger partial charge in [-0.1, -0.05) is 17.8 Å². The largest absolute Gasteiger partial charge is 0.544 e. The highest BCUT2D eigenvalue weighted by Gasteiger charge is 2.32. The van der Waals surface area contributed by atoms with Crippen molar-refractivity contribution in [2.45, 2.75) is 18.3 Å². The van der Waals surface area contributed by atoms with Gasteiger partial charge in [-0.15, -0.1) is 0 Å². The molecule has 2 atom stereocenters. The predicted molar refractivity (Wildman–Crippen MR) is 63.8 cm³/mol. The molecule has 1 aliphatic rings. The summed E-state index contributed by atoms with van der Waals surface area (Å²) >= 11 is 1.47. The smallest absolute Gasteiger partial charge is 0.269 e. The Bertz CT molecular complexity index is 506. The van der Waals surface area contributed by atoms with Crippen LogP contribution < -0.4 is 10.4 Å². The first-order valence-electron chi connectivity index (χ1n) is 5.41. The number of nitro groups is 1. The summed E-state index contributed by atoms with van der Waals surface area (Å²) < 4.78 is 0. The van der Waals surface area contributed by atoms with E-state index in [9.17, 15) is 20.0 Å². The number of thioether (sulfide) groups is 1. The number of hydrogen-bond acceptors (Lipinski definition) is 5. The average Bonchev–Trinajstić information content (AvgIpc) is 2.78. The number of carboxylic acid groups (broad SMARTS) is 1. The summed E-state index contributed by atoms with van der Waals surface area (Å²) in [6, 6.07) is 4.07. The maximum Gasteiger partial charge on any atom is 0.269 e.